The van der Waals surface area contributed by atoms with Crippen molar-refractivity contribution in [1.82, 2.24) is 19.4 Å². The summed E-state index contributed by atoms with van der Waals surface area (Å²) in [5.74, 6) is 0.0268. The first-order chi connectivity index (χ1) is 20.0. The molecule has 1 aliphatic rings. The van der Waals surface area contributed by atoms with Crippen LogP contribution in [0.2, 0.25) is 0 Å². The SMILES string of the molecule is CCC.C[C@@H](O)c1cc(C(F)(F)F)cc(C(F)(F)F)c1.O=c1[nH]c(CN2CCOC[C@@H]2c2ccc(F)cc2)nn1P(O)O. The average Bonchev–Trinajstić information content (AvgIpc) is 3.29. The second-order valence-electron chi connectivity index (χ2n) is 9.37. The van der Waals surface area contributed by atoms with Gasteiger partial charge in [0.05, 0.1) is 43.0 Å². The van der Waals surface area contributed by atoms with Crippen molar-refractivity contribution in [2.75, 3.05) is 19.8 Å². The van der Waals surface area contributed by atoms with E-state index in [0.717, 1.165) is 12.5 Å². The molecule has 3 aromatic rings. The molecule has 2 heterocycles. The monoisotopic (exact) mass is 644 g/mol. The number of aromatic amines is 1. The molecule has 240 valence electrons. The Labute approximate surface area is 243 Å². The van der Waals surface area contributed by atoms with Crippen molar-refractivity contribution >= 4 is 8.53 Å². The molecular formula is C26H32F7N4O5P. The number of hydrogen-bond donors (Lipinski definition) is 4. The van der Waals surface area contributed by atoms with Crippen LogP contribution >= 0.6 is 8.53 Å². The molecule has 1 fully saturated rings. The molecule has 9 nitrogen and oxygen atoms in total. The summed E-state index contributed by atoms with van der Waals surface area (Å²) >= 11 is 0. The molecule has 0 unspecified atom stereocenters. The molecule has 43 heavy (non-hydrogen) atoms. The number of alkyl halides is 6. The van der Waals surface area contributed by atoms with Gasteiger partial charge in [-0.2, -0.15) is 26.3 Å². The van der Waals surface area contributed by atoms with Crippen LogP contribution in [-0.4, -0.2) is 54.1 Å². The van der Waals surface area contributed by atoms with Crippen LogP contribution in [-0.2, 0) is 23.6 Å². The summed E-state index contributed by atoms with van der Waals surface area (Å²) in [6, 6.07) is 7.11. The predicted molar refractivity (Wildman–Crippen MR) is 143 cm³/mol. The van der Waals surface area contributed by atoms with Crippen molar-refractivity contribution in [2.45, 2.75) is 58.2 Å². The molecule has 0 amide bonds. The molecule has 1 saturated heterocycles. The standard InChI is InChI=1S/C13H16FN4O4P.C10H8F6O.C3H8/c14-10-3-1-9(2-4-10)11-8-22-6-5-17(11)7-12-15-13(19)18(16-12)23(20)21;1-5(17)6-2-7(9(11,12)13)4-8(3-6)10(14,15)16;1-3-2/h1-4,11,20-21H,5-8H2,(H,15,16,19);2-5,17H,1H3;3H2,1-2H3/t11-;5-;/m11./s1. The van der Waals surface area contributed by atoms with Crippen LogP contribution in [0.5, 0.6) is 0 Å². The van der Waals surface area contributed by atoms with Crippen LogP contribution in [0.1, 0.15) is 67.4 Å². The highest BCUT2D eigenvalue weighted by atomic mass is 31.2. The summed E-state index contributed by atoms with van der Waals surface area (Å²) in [5.41, 5.74) is -3.04. The molecule has 0 spiro atoms. The third-order valence-electron chi connectivity index (χ3n) is 5.76. The van der Waals surface area contributed by atoms with Crippen LogP contribution < -0.4 is 5.69 Å². The normalized spacial score (nSPS) is 16.7. The third-order valence-corrected chi connectivity index (χ3v) is 6.37. The first-order valence-electron chi connectivity index (χ1n) is 12.9. The van der Waals surface area contributed by atoms with Crippen molar-refractivity contribution in [3.05, 3.63) is 86.8 Å². The van der Waals surface area contributed by atoms with E-state index in [9.17, 15) is 35.5 Å². The molecule has 0 radical (unpaired) electrons. The van der Waals surface area contributed by atoms with E-state index in [1.807, 2.05) is 4.90 Å². The van der Waals surface area contributed by atoms with Crippen molar-refractivity contribution in [2.24, 2.45) is 0 Å². The number of hydrogen-bond acceptors (Lipinski definition) is 7. The Kier molecular flexibility index (Phi) is 13.3. The molecule has 0 aliphatic carbocycles. The third kappa shape index (κ3) is 11.0. The minimum atomic E-state index is -4.88. The van der Waals surface area contributed by atoms with Crippen LogP contribution in [0, 0.1) is 5.82 Å². The summed E-state index contributed by atoms with van der Waals surface area (Å²) < 4.78 is 93.3. The highest BCUT2D eigenvalue weighted by molar-refractivity contribution is 7.43. The average molecular weight is 645 g/mol. The summed E-state index contributed by atoms with van der Waals surface area (Å²) in [6.07, 6.45) is -9.92. The number of nitrogens with one attached hydrogen (secondary N) is 1. The molecule has 2 atom stereocenters. The van der Waals surface area contributed by atoms with E-state index in [0.29, 0.717) is 48.7 Å². The Hall–Kier alpha value is -2.88. The van der Waals surface area contributed by atoms with Crippen LogP contribution in [0.15, 0.2) is 47.3 Å². The maximum absolute atomic E-state index is 13.1. The first-order valence-corrected chi connectivity index (χ1v) is 14.1. The molecule has 1 aliphatic heterocycles. The van der Waals surface area contributed by atoms with Gasteiger partial charge in [-0.05, 0) is 48.4 Å². The molecule has 1 aromatic heterocycles. The van der Waals surface area contributed by atoms with Gasteiger partial charge in [0.25, 0.3) is 0 Å². The van der Waals surface area contributed by atoms with Gasteiger partial charge in [0.2, 0.25) is 0 Å². The smallest absolute Gasteiger partial charge is 0.389 e. The van der Waals surface area contributed by atoms with Gasteiger partial charge in [0.15, 0.2) is 0 Å². The van der Waals surface area contributed by atoms with E-state index in [4.69, 9.17) is 19.6 Å². The van der Waals surface area contributed by atoms with Crippen molar-refractivity contribution < 1.29 is 50.4 Å². The number of aromatic nitrogens is 3. The second kappa shape index (κ2) is 15.7. The lowest BCUT2D eigenvalue weighted by molar-refractivity contribution is -0.143. The molecule has 2 aromatic carbocycles. The maximum Gasteiger partial charge on any atom is 0.416 e. The lowest BCUT2D eigenvalue weighted by Crippen LogP contribution is -2.39. The number of nitrogens with zero attached hydrogens (tertiary/aromatic N) is 3. The number of benzene rings is 2. The van der Waals surface area contributed by atoms with Gasteiger partial charge in [0, 0.05) is 6.54 Å². The van der Waals surface area contributed by atoms with E-state index in [1.165, 1.54) is 18.6 Å². The summed E-state index contributed by atoms with van der Waals surface area (Å²) in [7, 11) is -2.60. The zero-order valence-electron chi connectivity index (χ0n) is 23.3. The number of halogens is 7. The Morgan fingerprint density at radius 1 is 1.05 bits per heavy atom. The molecule has 17 heteroatoms. The highest BCUT2D eigenvalue weighted by Crippen LogP contribution is 2.37. The van der Waals surface area contributed by atoms with E-state index in [1.54, 1.807) is 12.1 Å². The van der Waals surface area contributed by atoms with Crippen molar-refractivity contribution in [3.8, 4) is 0 Å². The summed E-state index contributed by atoms with van der Waals surface area (Å²) in [4.78, 5) is 34.3. The zero-order valence-corrected chi connectivity index (χ0v) is 24.2. The topological polar surface area (TPSA) is 124 Å². The van der Waals surface area contributed by atoms with Crippen LogP contribution in [0.4, 0.5) is 30.7 Å². The molecule has 4 rings (SSSR count). The van der Waals surface area contributed by atoms with Crippen LogP contribution in [0.25, 0.3) is 0 Å². The number of aliphatic hydroxyl groups is 1. The van der Waals surface area contributed by atoms with Gasteiger partial charge in [-0.25, -0.2) is 9.18 Å². The van der Waals surface area contributed by atoms with E-state index in [-0.39, 0.29) is 17.9 Å². The maximum atomic E-state index is 13.1. The predicted octanol–water partition coefficient (Wildman–Crippen LogP) is 5.54. The van der Waals surface area contributed by atoms with Gasteiger partial charge in [-0.15, -0.1) is 9.55 Å². The van der Waals surface area contributed by atoms with Gasteiger partial charge in [-0.1, -0.05) is 32.4 Å². The Morgan fingerprint density at radius 3 is 2.02 bits per heavy atom. The molecule has 0 bridgehead atoms. The number of aliphatic hydroxyl groups excluding tert-OH is 1. The Morgan fingerprint density at radius 2 is 1.58 bits per heavy atom. The summed E-state index contributed by atoms with van der Waals surface area (Å²) in [5, 5.41) is 12.9. The van der Waals surface area contributed by atoms with Gasteiger partial charge in [-0.3, -0.25) is 9.88 Å². The van der Waals surface area contributed by atoms with E-state index < -0.39 is 49.4 Å². The van der Waals surface area contributed by atoms with Gasteiger partial charge in [0.1, 0.15) is 11.6 Å². The van der Waals surface area contributed by atoms with Gasteiger partial charge >= 0.3 is 26.6 Å². The second-order valence-corrected chi connectivity index (χ2v) is 10.3. The van der Waals surface area contributed by atoms with E-state index in [2.05, 4.69) is 23.9 Å². The fraction of sp³-hybridized carbons (Fsp3) is 0.462. The highest BCUT2D eigenvalue weighted by Gasteiger charge is 2.37. The number of H-pyrrole nitrogens is 1. The minimum absolute atomic E-state index is 0.0197. The molecule has 0 saturated carbocycles. The lowest BCUT2D eigenvalue weighted by atomic mass is 10.0. The lowest BCUT2D eigenvalue weighted by Gasteiger charge is -2.35. The minimum Gasteiger partial charge on any atom is -0.389 e. The fourth-order valence-electron chi connectivity index (χ4n) is 3.78. The molecule has 4 N–H and O–H groups in total. The van der Waals surface area contributed by atoms with Crippen molar-refractivity contribution in [1.29, 1.82) is 0 Å². The van der Waals surface area contributed by atoms with E-state index >= 15 is 0 Å². The Bertz CT molecular complexity index is 1310. The number of rotatable bonds is 5. The number of morpholine rings is 1. The zero-order chi connectivity index (χ0) is 32.5. The fourth-order valence-corrected chi connectivity index (χ4v) is 4.18. The van der Waals surface area contributed by atoms with Gasteiger partial charge < -0.3 is 19.6 Å². The van der Waals surface area contributed by atoms with Crippen molar-refractivity contribution in [3.63, 3.8) is 0 Å². The number of ether oxygens (including phenoxy) is 1. The first kappa shape index (κ1) is 36.3. The van der Waals surface area contributed by atoms with Crippen LogP contribution in [0.3, 0.4) is 0 Å². The quantitative estimate of drug-likeness (QED) is 0.213. The largest absolute Gasteiger partial charge is 0.416 e. The Balaban J connectivity index is 0.000000287. The summed E-state index contributed by atoms with van der Waals surface area (Å²) in [6.45, 7) is 7.26. The molecular weight excluding hydrogens is 612 g/mol.